The first-order valence-corrected chi connectivity index (χ1v) is 8.31. The number of aromatic nitrogens is 2. The van der Waals surface area contributed by atoms with Crippen molar-refractivity contribution in [1.29, 1.82) is 0 Å². The predicted octanol–water partition coefficient (Wildman–Crippen LogP) is 3.07. The van der Waals surface area contributed by atoms with E-state index >= 15 is 0 Å². The molecule has 1 aromatic heterocycles. The monoisotopic (exact) mass is 370 g/mol. The first-order valence-electron chi connectivity index (χ1n) is 7.52. The van der Waals surface area contributed by atoms with Crippen molar-refractivity contribution in [3.63, 3.8) is 0 Å². The molecule has 6 nitrogen and oxygen atoms in total. The summed E-state index contributed by atoms with van der Waals surface area (Å²) in [5.74, 6) is 0.707. The second kappa shape index (κ2) is 6.81. The van der Waals surface area contributed by atoms with Gasteiger partial charge in [0.25, 0.3) is 0 Å². The maximum absolute atomic E-state index is 12.2. The standard InChI is InChI=1S/C15H23BrN4O2/c1-5-12-10-19(14(21)22-15(2,3)4)6-7-20(12)13-17-8-11(16)9-18-13/h8-9,12H,5-7,10H2,1-4H3. The number of anilines is 1. The van der Waals surface area contributed by atoms with E-state index in [2.05, 4.69) is 37.7 Å². The predicted molar refractivity (Wildman–Crippen MR) is 89.0 cm³/mol. The van der Waals surface area contributed by atoms with Crippen molar-refractivity contribution in [1.82, 2.24) is 14.9 Å². The van der Waals surface area contributed by atoms with Gasteiger partial charge in [0.15, 0.2) is 0 Å². The number of piperazine rings is 1. The van der Waals surface area contributed by atoms with E-state index in [0.717, 1.165) is 10.9 Å². The molecule has 2 rings (SSSR count). The normalized spacial score (nSPS) is 19.2. The fourth-order valence-electron chi connectivity index (χ4n) is 2.41. The summed E-state index contributed by atoms with van der Waals surface area (Å²) >= 11 is 3.35. The largest absolute Gasteiger partial charge is 0.444 e. The highest BCUT2D eigenvalue weighted by Crippen LogP contribution is 2.21. The van der Waals surface area contributed by atoms with E-state index in [4.69, 9.17) is 4.74 Å². The van der Waals surface area contributed by atoms with E-state index < -0.39 is 5.60 Å². The summed E-state index contributed by atoms with van der Waals surface area (Å²) in [5.41, 5.74) is -0.468. The highest BCUT2D eigenvalue weighted by molar-refractivity contribution is 9.10. The fourth-order valence-corrected chi connectivity index (χ4v) is 2.62. The molecule has 1 aliphatic heterocycles. The van der Waals surface area contributed by atoms with E-state index in [0.29, 0.717) is 25.6 Å². The Morgan fingerprint density at radius 3 is 2.55 bits per heavy atom. The second-order valence-electron chi connectivity index (χ2n) is 6.38. The number of hydrogen-bond donors (Lipinski definition) is 0. The molecule has 0 bridgehead atoms. The van der Waals surface area contributed by atoms with Gasteiger partial charge in [-0.1, -0.05) is 6.92 Å². The number of ether oxygens (including phenoxy) is 1. The average molecular weight is 371 g/mol. The van der Waals surface area contributed by atoms with Crippen molar-refractivity contribution < 1.29 is 9.53 Å². The van der Waals surface area contributed by atoms with Crippen molar-refractivity contribution in [2.45, 2.75) is 45.8 Å². The Hall–Kier alpha value is -1.37. The first-order chi connectivity index (χ1) is 10.3. The van der Waals surface area contributed by atoms with Crippen LogP contribution in [-0.4, -0.2) is 52.2 Å². The minimum atomic E-state index is -0.468. The Morgan fingerprint density at radius 1 is 1.36 bits per heavy atom. The van der Waals surface area contributed by atoms with Crippen LogP contribution in [0.1, 0.15) is 34.1 Å². The molecule has 2 heterocycles. The third-order valence-corrected chi connectivity index (χ3v) is 3.88. The number of amides is 1. The summed E-state index contributed by atoms with van der Waals surface area (Å²) in [4.78, 5) is 24.9. The van der Waals surface area contributed by atoms with Gasteiger partial charge in [0.2, 0.25) is 5.95 Å². The molecule has 0 spiro atoms. The van der Waals surface area contributed by atoms with Gasteiger partial charge >= 0.3 is 6.09 Å². The minimum absolute atomic E-state index is 0.197. The third-order valence-electron chi connectivity index (χ3n) is 3.47. The molecule has 0 saturated carbocycles. The molecule has 122 valence electrons. The number of rotatable bonds is 2. The van der Waals surface area contributed by atoms with Crippen molar-refractivity contribution in [3.05, 3.63) is 16.9 Å². The molecule has 0 radical (unpaired) electrons. The molecule has 1 saturated heterocycles. The quantitative estimate of drug-likeness (QED) is 0.800. The van der Waals surface area contributed by atoms with Gasteiger partial charge in [0.1, 0.15) is 5.60 Å². The summed E-state index contributed by atoms with van der Waals surface area (Å²) in [6.45, 7) is 9.71. The maximum Gasteiger partial charge on any atom is 0.410 e. The van der Waals surface area contributed by atoms with Crippen LogP contribution in [0, 0.1) is 0 Å². The Kier molecular flexibility index (Phi) is 5.26. The van der Waals surface area contributed by atoms with Gasteiger partial charge in [-0.05, 0) is 43.1 Å². The average Bonchev–Trinajstić information content (AvgIpc) is 2.45. The van der Waals surface area contributed by atoms with Gasteiger partial charge in [-0.15, -0.1) is 0 Å². The minimum Gasteiger partial charge on any atom is -0.444 e. The first kappa shape index (κ1) is 17.0. The summed E-state index contributed by atoms with van der Waals surface area (Å²) in [7, 11) is 0. The highest BCUT2D eigenvalue weighted by Gasteiger charge is 2.32. The van der Waals surface area contributed by atoms with E-state index in [9.17, 15) is 4.79 Å². The Morgan fingerprint density at radius 2 is 2.00 bits per heavy atom. The molecule has 1 atom stereocenters. The van der Waals surface area contributed by atoms with Crippen LogP contribution in [0.4, 0.5) is 10.7 Å². The van der Waals surface area contributed by atoms with Gasteiger partial charge in [-0.2, -0.15) is 0 Å². The molecule has 22 heavy (non-hydrogen) atoms. The third kappa shape index (κ3) is 4.32. The summed E-state index contributed by atoms with van der Waals surface area (Å²) in [6.07, 6.45) is 4.16. The molecular formula is C15H23BrN4O2. The molecule has 1 fully saturated rings. The summed E-state index contributed by atoms with van der Waals surface area (Å²) in [6, 6.07) is 0.197. The lowest BCUT2D eigenvalue weighted by atomic mass is 10.1. The number of halogens is 1. The molecule has 0 aliphatic carbocycles. The van der Waals surface area contributed by atoms with Gasteiger partial charge in [0, 0.05) is 38.1 Å². The van der Waals surface area contributed by atoms with Crippen LogP contribution in [0.15, 0.2) is 16.9 Å². The zero-order valence-electron chi connectivity index (χ0n) is 13.5. The second-order valence-corrected chi connectivity index (χ2v) is 7.30. The lowest BCUT2D eigenvalue weighted by Gasteiger charge is -2.41. The number of hydrogen-bond acceptors (Lipinski definition) is 5. The SMILES string of the molecule is CCC1CN(C(=O)OC(C)(C)C)CCN1c1ncc(Br)cn1. The van der Waals surface area contributed by atoms with Crippen LogP contribution >= 0.6 is 15.9 Å². The Labute approximate surface area is 140 Å². The van der Waals surface area contributed by atoms with Gasteiger partial charge < -0.3 is 14.5 Å². The smallest absolute Gasteiger partial charge is 0.410 e. The number of carbonyl (C=O) groups is 1. The van der Waals surface area contributed by atoms with Crippen molar-refractivity contribution in [2.75, 3.05) is 24.5 Å². The van der Waals surface area contributed by atoms with E-state index in [1.165, 1.54) is 0 Å². The van der Waals surface area contributed by atoms with Crippen LogP contribution < -0.4 is 4.90 Å². The summed E-state index contributed by atoms with van der Waals surface area (Å²) in [5, 5.41) is 0. The zero-order chi connectivity index (χ0) is 16.3. The lowest BCUT2D eigenvalue weighted by Crippen LogP contribution is -2.56. The molecule has 0 aromatic carbocycles. The topological polar surface area (TPSA) is 58.6 Å². The van der Waals surface area contributed by atoms with Gasteiger partial charge in [-0.3, -0.25) is 0 Å². The lowest BCUT2D eigenvalue weighted by molar-refractivity contribution is 0.0212. The van der Waals surface area contributed by atoms with Crippen LogP contribution in [0.25, 0.3) is 0 Å². The molecule has 1 amide bonds. The zero-order valence-corrected chi connectivity index (χ0v) is 15.1. The molecular weight excluding hydrogens is 348 g/mol. The maximum atomic E-state index is 12.2. The molecule has 7 heteroatoms. The van der Waals surface area contributed by atoms with Crippen LogP contribution in [-0.2, 0) is 4.74 Å². The van der Waals surface area contributed by atoms with Crippen LogP contribution in [0.2, 0.25) is 0 Å². The van der Waals surface area contributed by atoms with E-state index in [1.54, 1.807) is 17.3 Å². The molecule has 0 N–H and O–H groups in total. The van der Waals surface area contributed by atoms with Crippen LogP contribution in [0.5, 0.6) is 0 Å². The Bertz CT molecular complexity index is 515. The Balaban J connectivity index is 2.05. The van der Waals surface area contributed by atoms with Crippen molar-refractivity contribution >= 4 is 28.0 Å². The van der Waals surface area contributed by atoms with E-state index in [-0.39, 0.29) is 12.1 Å². The summed E-state index contributed by atoms with van der Waals surface area (Å²) < 4.78 is 6.32. The highest BCUT2D eigenvalue weighted by atomic mass is 79.9. The van der Waals surface area contributed by atoms with Crippen molar-refractivity contribution in [2.24, 2.45) is 0 Å². The number of carbonyl (C=O) groups excluding carboxylic acids is 1. The van der Waals surface area contributed by atoms with Gasteiger partial charge in [-0.25, -0.2) is 14.8 Å². The fraction of sp³-hybridized carbons (Fsp3) is 0.667. The van der Waals surface area contributed by atoms with Crippen LogP contribution in [0.3, 0.4) is 0 Å². The molecule has 1 unspecified atom stereocenters. The molecule has 1 aromatic rings. The van der Waals surface area contributed by atoms with Gasteiger partial charge in [0.05, 0.1) is 4.47 Å². The van der Waals surface area contributed by atoms with E-state index in [1.807, 2.05) is 20.8 Å². The molecule has 1 aliphatic rings. The number of nitrogens with zero attached hydrogens (tertiary/aromatic N) is 4. The van der Waals surface area contributed by atoms with Crippen molar-refractivity contribution in [3.8, 4) is 0 Å².